The lowest BCUT2D eigenvalue weighted by atomic mass is 10.1. The Morgan fingerprint density at radius 1 is 1.21 bits per heavy atom. The largest absolute Gasteiger partial charge is 0.333 e. The number of benzene rings is 2. The van der Waals surface area contributed by atoms with Crippen molar-refractivity contribution < 1.29 is 4.79 Å². The summed E-state index contributed by atoms with van der Waals surface area (Å²) in [7, 11) is 0. The number of rotatable bonds is 6. The first-order chi connectivity index (χ1) is 13.6. The van der Waals surface area contributed by atoms with Gasteiger partial charge in [-0.25, -0.2) is 4.68 Å². The lowest BCUT2D eigenvalue weighted by molar-refractivity contribution is -0.134. The molecule has 1 fully saturated rings. The van der Waals surface area contributed by atoms with Crippen LogP contribution in [0.5, 0.6) is 0 Å². The summed E-state index contributed by atoms with van der Waals surface area (Å²) in [5.41, 5.74) is 1.27. The maximum absolute atomic E-state index is 13.0. The predicted molar refractivity (Wildman–Crippen MR) is 108 cm³/mol. The van der Waals surface area contributed by atoms with Crippen molar-refractivity contribution in [2.45, 2.75) is 44.8 Å². The Bertz CT molecular complexity index is 1080. The molecule has 0 radical (unpaired) electrons. The highest BCUT2D eigenvalue weighted by Gasteiger charge is 2.36. The SMILES string of the molecule is C[C@@H](c1ccccc1Cl)N(C(=O)CCn1nnc2ccccc2c1=O)C1CC1. The molecule has 0 aliphatic heterocycles. The first kappa shape index (κ1) is 18.6. The average molecular weight is 397 g/mol. The zero-order valence-electron chi connectivity index (χ0n) is 15.6. The number of fused-ring (bicyclic) bond motifs is 1. The van der Waals surface area contributed by atoms with Crippen molar-refractivity contribution in [1.29, 1.82) is 0 Å². The Labute approximate surface area is 167 Å². The minimum atomic E-state index is -0.226. The van der Waals surface area contributed by atoms with Crippen LogP contribution in [0.4, 0.5) is 0 Å². The lowest BCUT2D eigenvalue weighted by Crippen LogP contribution is -2.37. The smallest absolute Gasteiger partial charge is 0.277 e. The van der Waals surface area contributed by atoms with E-state index in [1.807, 2.05) is 42.2 Å². The van der Waals surface area contributed by atoms with E-state index in [-0.39, 0.29) is 36.5 Å². The Hall–Kier alpha value is -2.73. The summed E-state index contributed by atoms with van der Waals surface area (Å²) in [6, 6.07) is 14.8. The van der Waals surface area contributed by atoms with Crippen molar-refractivity contribution in [2.75, 3.05) is 0 Å². The molecule has 1 aliphatic carbocycles. The molecular weight excluding hydrogens is 376 g/mol. The van der Waals surface area contributed by atoms with Crippen molar-refractivity contribution in [3.63, 3.8) is 0 Å². The molecule has 1 aliphatic rings. The highest BCUT2D eigenvalue weighted by Crippen LogP contribution is 2.36. The van der Waals surface area contributed by atoms with Gasteiger partial charge in [-0.3, -0.25) is 9.59 Å². The van der Waals surface area contributed by atoms with Crippen molar-refractivity contribution >= 4 is 28.4 Å². The number of carbonyl (C=O) groups excluding carboxylic acids is 1. The van der Waals surface area contributed by atoms with E-state index >= 15 is 0 Å². The van der Waals surface area contributed by atoms with Gasteiger partial charge >= 0.3 is 0 Å². The highest BCUT2D eigenvalue weighted by molar-refractivity contribution is 6.31. The van der Waals surface area contributed by atoms with E-state index in [4.69, 9.17) is 11.6 Å². The lowest BCUT2D eigenvalue weighted by Gasteiger charge is -2.30. The van der Waals surface area contributed by atoms with Crippen molar-refractivity contribution in [3.05, 3.63) is 69.5 Å². The number of aryl methyl sites for hydroxylation is 1. The van der Waals surface area contributed by atoms with Gasteiger partial charge in [0.2, 0.25) is 5.91 Å². The Kier molecular flexibility index (Phi) is 5.13. The predicted octanol–water partition coefficient (Wildman–Crippen LogP) is 3.59. The van der Waals surface area contributed by atoms with Gasteiger partial charge < -0.3 is 4.90 Å². The first-order valence-electron chi connectivity index (χ1n) is 9.44. The van der Waals surface area contributed by atoms with Gasteiger partial charge in [0.15, 0.2) is 0 Å². The zero-order chi connectivity index (χ0) is 19.7. The molecule has 7 heteroatoms. The minimum Gasteiger partial charge on any atom is -0.333 e. The summed E-state index contributed by atoms with van der Waals surface area (Å²) in [5.74, 6) is -0.00298. The van der Waals surface area contributed by atoms with E-state index in [2.05, 4.69) is 10.3 Å². The van der Waals surface area contributed by atoms with Crippen LogP contribution in [0.1, 0.15) is 37.8 Å². The normalized spacial score (nSPS) is 14.8. The fraction of sp³-hybridized carbons (Fsp3) is 0.333. The second-order valence-electron chi connectivity index (χ2n) is 7.11. The molecule has 1 aromatic heterocycles. The van der Waals surface area contributed by atoms with Gasteiger partial charge in [-0.1, -0.05) is 47.1 Å². The minimum absolute atomic E-state index is 0.00298. The molecule has 0 unspecified atom stereocenters. The maximum atomic E-state index is 13.0. The molecule has 1 saturated carbocycles. The molecule has 1 heterocycles. The molecule has 144 valence electrons. The maximum Gasteiger partial charge on any atom is 0.277 e. The zero-order valence-corrected chi connectivity index (χ0v) is 16.3. The molecule has 0 saturated heterocycles. The highest BCUT2D eigenvalue weighted by atomic mass is 35.5. The summed E-state index contributed by atoms with van der Waals surface area (Å²) in [4.78, 5) is 27.5. The number of hydrogen-bond donors (Lipinski definition) is 0. The Morgan fingerprint density at radius 2 is 1.93 bits per heavy atom. The van der Waals surface area contributed by atoms with Crippen molar-refractivity contribution in [3.8, 4) is 0 Å². The van der Waals surface area contributed by atoms with Gasteiger partial charge in [-0.15, -0.1) is 5.10 Å². The van der Waals surface area contributed by atoms with E-state index in [0.717, 1.165) is 18.4 Å². The third-order valence-electron chi connectivity index (χ3n) is 5.17. The molecule has 0 N–H and O–H groups in total. The number of nitrogens with zero attached hydrogens (tertiary/aromatic N) is 4. The molecule has 28 heavy (non-hydrogen) atoms. The molecule has 1 amide bonds. The van der Waals surface area contributed by atoms with Crippen LogP contribution in [-0.4, -0.2) is 31.8 Å². The number of amides is 1. The van der Waals surface area contributed by atoms with Gasteiger partial charge in [-0.2, -0.15) is 0 Å². The number of carbonyl (C=O) groups is 1. The van der Waals surface area contributed by atoms with E-state index in [1.165, 1.54) is 4.68 Å². The van der Waals surface area contributed by atoms with Crippen LogP contribution in [0.3, 0.4) is 0 Å². The van der Waals surface area contributed by atoms with E-state index in [9.17, 15) is 9.59 Å². The topological polar surface area (TPSA) is 68.1 Å². The summed E-state index contributed by atoms with van der Waals surface area (Å²) >= 11 is 6.34. The summed E-state index contributed by atoms with van der Waals surface area (Å²) in [5, 5.41) is 9.22. The summed E-state index contributed by atoms with van der Waals surface area (Å²) < 4.78 is 1.27. The molecule has 0 spiro atoms. The van der Waals surface area contributed by atoms with E-state index in [1.54, 1.807) is 18.2 Å². The van der Waals surface area contributed by atoms with Crippen LogP contribution in [-0.2, 0) is 11.3 Å². The standard InChI is InChI=1S/C21H21ClN4O2/c1-14(16-6-2-4-8-18(16)22)26(15-10-11-15)20(27)12-13-25-21(28)17-7-3-5-9-19(17)23-24-25/h2-9,14-15H,10-13H2,1H3/t14-/m0/s1. The van der Waals surface area contributed by atoms with Crippen molar-refractivity contribution in [2.24, 2.45) is 0 Å². The van der Waals surface area contributed by atoms with Crippen LogP contribution < -0.4 is 5.56 Å². The van der Waals surface area contributed by atoms with Crippen LogP contribution in [0.25, 0.3) is 10.9 Å². The van der Waals surface area contributed by atoms with Gasteiger partial charge in [-0.05, 0) is 43.5 Å². The molecule has 1 atom stereocenters. The van der Waals surface area contributed by atoms with E-state index < -0.39 is 0 Å². The molecular formula is C21H21ClN4O2. The second kappa shape index (κ2) is 7.72. The summed E-state index contributed by atoms with van der Waals surface area (Å²) in [6.07, 6.45) is 2.19. The van der Waals surface area contributed by atoms with Crippen LogP contribution in [0.15, 0.2) is 53.3 Å². The van der Waals surface area contributed by atoms with Gasteiger partial charge in [0, 0.05) is 17.5 Å². The van der Waals surface area contributed by atoms with Gasteiger partial charge in [0.05, 0.1) is 18.0 Å². The third-order valence-corrected chi connectivity index (χ3v) is 5.51. The van der Waals surface area contributed by atoms with Crippen LogP contribution in [0.2, 0.25) is 5.02 Å². The molecule has 3 aromatic rings. The molecule has 2 aromatic carbocycles. The quantitative estimate of drug-likeness (QED) is 0.638. The van der Waals surface area contributed by atoms with Crippen molar-refractivity contribution in [1.82, 2.24) is 19.9 Å². The number of hydrogen-bond acceptors (Lipinski definition) is 4. The number of halogens is 1. The number of aromatic nitrogens is 3. The Morgan fingerprint density at radius 3 is 2.68 bits per heavy atom. The second-order valence-corrected chi connectivity index (χ2v) is 7.52. The van der Waals surface area contributed by atoms with Crippen LogP contribution in [0, 0.1) is 0 Å². The Balaban J connectivity index is 1.53. The molecule has 0 bridgehead atoms. The monoisotopic (exact) mass is 396 g/mol. The fourth-order valence-electron chi connectivity index (χ4n) is 3.55. The first-order valence-corrected chi connectivity index (χ1v) is 9.82. The van der Waals surface area contributed by atoms with Gasteiger partial charge in [0.1, 0.15) is 5.52 Å². The van der Waals surface area contributed by atoms with Gasteiger partial charge in [0.25, 0.3) is 5.56 Å². The third kappa shape index (κ3) is 3.64. The molecule has 6 nitrogen and oxygen atoms in total. The summed E-state index contributed by atoms with van der Waals surface area (Å²) in [6.45, 7) is 2.20. The van der Waals surface area contributed by atoms with Crippen LogP contribution >= 0.6 is 11.6 Å². The fourth-order valence-corrected chi connectivity index (χ4v) is 3.85. The average Bonchev–Trinajstić information content (AvgIpc) is 3.53. The van der Waals surface area contributed by atoms with E-state index in [0.29, 0.717) is 15.9 Å². The molecule has 4 rings (SSSR count).